The smallest absolute Gasteiger partial charge is 0.312 e. The van der Waals surface area contributed by atoms with Crippen molar-refractivity contribution in [3.8, 4) is 39.9 Å². The lowest BCUT2D eigenvalue weighted by molar-refractivity contribution is -0.385. The average molecular weight is 398 g/mol. The Hall–Kier alpha value is -3.68. The van der Waals surface area contributed by atoms with Crippen LogP contribution in [0.25, 0.3) is 16.9 Å². The van der Waals surface area contributed by atoms with Gasteiger partial charge in [-0.15, -0.1) is 0 Å². The first-order chi connectivity index (χ1) is 13.9. The second kappa shape index (κ2) is 8.14. The Morgan fingerprint density at radius 3 is 1.97 bits per heavy atom. The lowest BCUT2D eigenvalue weighted by Gasteiger charge is -2.17. The molecule has 8 nitrogen and oxygen atoms in total. The molecule has 2 aromatic carbocycles. The largest absolute Gasteiger partial charge is 0.493 e. The molecule has 0 aliphatic carbocycles. The molecule has 0 unspecified atom stereocenters. The van der Waals surface area contributed by atoms with E-state index in [2.05, 4.69) is 0 Å². The van der Waals surface area contributed by atoms with Crippen molar-refractivity contribution in [3.05, 3.63) is 58.3 Å². The van der Waals surface area contributed by atoms with Crippen LogP contribution in [0.5, 0.6) is 23.0 Å². The molecule has 1 heterocycles. The number of benzene rings is 2. The van der Waals surface area contributed by atoms with Gasteiger partial charge in [-0.05, 0) is 43.3 Å². The minimum Gasteiger partial charge on any atom is -0.493 e. The summed E-state index contributed by atoms with van der Waals surface area (Å²) in [6.45, 7) is 1.93. The SMILES string of the molecule is COc1ccc(-n2c(C)ccc2-c2cc(OC)c(OC)c(OC)c2)cc1[N+](=O)[O-]. The van der Waals surface area contributed by atoms with Gasteiger partial charge in [0.15, 0.2) is 17.2 Å². The number of nitro groups is 1. The fourth-order valence-electron chi connectivity index (χ4n) is 3.30. The van der Waals surface area contributed by atoms with E-state index >= 15 is 0 Å². The van der Waals surface area contributed by atoms with Crippen molar-refractivity contribution in [2.24, 2.45) is 0 Å². The molecule has 3 aromatic rings. The van der Waals surface area contributed by atoms with Crippen LogP contribution in [-0.2, 0) is 0 Å². The molecule has 0 aliphatic heterocycles. The summed E-state index contributed by atoms with van der Waals surface area (Å²) < 4.78 is 23.3. The molecule has 0 fully saturated rings. The fraction of sp³-hybridized carbons (Fsp3) is 0.238. The second-order valence-electron chi connectivity index (χ2n) is 6.22. The van der Waals surface area contributed by atoms with Gasteiger partial charge in [-0.25, -0.2) is 0 Å². The lowest BCUT2D eigenvalue weighted by Crippen LogP contribution is -2.02. The van der Waals surface area contributed by atoms with E-state index in [1.54, 1.807) is 33.5 Å². The maximum Gasteiger partial charge on any atom is 0.312 e. The van der Waals surface area contributed by atoms with E-state index in [-0.39, 0.29) is 11.4 Å². The van der Waals surface area contributed by atoms with Crippen LogP contribution in [0.2, 0.25) is 0 Å². The molecule has 8 heteroatoms. The highest BCUT2D eigenvalue weighted by atomic mass is 16.6. The van der Waals surface area contributed by atoms with Crippen LogP contribution in [0.1, 0.15) is 5.69 Å². The van der Waals surface area contributed by atoms with Crippen molar-refractivity contribution in [3.63, 3.8) is 0 Å². The van der Waals surface area contributed by atoms with Gasteiger partial charge in [0.1, 0.15) is 0 Å². The number of hydrogen-bond donors (Lipinski definition) is 0. The number of nitro benzene ring substituents is 1. The predicted molar refractivity (Wildman–Crippen MR) is 109 cm³/mol. The summed E-state index contributed by atoms with van der Waals surface area (Å²) in [5.41, 5.74) is 3.08. The van der Waals surface area contributed by atoms with Crippen LogP contribution in [0.15, 0.2) is 42.5 Å². The van der Waals surface area contributed by atoms with Crippen LogP contribution in [0.4, 0.5) is 5.69 Å². The first-order valence-electron chi connectivity index (χ1n) is 8.76. The van der Waals surface area contributed by atoms with Crippen LogP contribution < -0.4 is 18.9 Å². The van der Waals surface area contributed by atoms with Gasteiger partial charge in [0, 0.05) is 17.3 Å². The van der Waals surface area contributed by atoms with E-state index in [0.29, 0.717) is 22.9 Å². The van der Waals surface area contributed by atoms with Gasteiger partial charge >= 0.3 is 5.69 Å². The second-order valence-corrected chi connectivity index (χ2v) is 6.22. The normalized spacial score (nSPS) is 10.5. The number of nitrogens with zero attached hydrogens (tertiary/aromatic N) is 2. The number of hydrogen-bond acceptors (Lipinski definition) is 6. The zero-order chi connectivity index (χ0) is 21.1. The van der Waals surface area contributed by atoms with Crippen molar-refractivity contribution in [1.82, 2.24) is 4.57 Å². The molecule has 1 aromatic heterocycles. The quantitative estimate of drug-likeness (QED) is 0.433. The van der Waals surface area contributed by atoms with E-state index in [4.69, 9.17) is 18.9 Å². The summed E-state index contributed by atoms with van der Waals surface area (Å²) >= 11 is 0. The molecular weight excluding hydrogens is 376 g/mol. The number of aromatic nitrogens is 1. The molecule has 0 saturated carbocycles. The van der Waals surface area contributed by atoms with Gasteiger partial charge in [0.2, 0.25) is 5.75 Å². The summed E-state index contributed by atoms with van der Waals surface area (Å²) in [6, 6.07) is 12.4. The summed E-state index contributed by atoms with van der Waals surface area (Å²) in [5.74, 6) is 1.74. The van der Waals surface area contributed by atoms with Crippen molar-refractivity contribution in [2.45, 2.75) is 6.92 Å². The molecule has 0 spiro atoms. The van der Waals surface area contributed by atoms with Crippen LogP contribution >= 0.6 is 0 Å². The van der Waals surface area contributed by atoms with Crippen molar-refractivity contribution in [2.75, 3.05) is 28.4 Å². The molecule has 0 bridgehead atoms. The minimum absolute atomic E-state index is 0.103. The molecule has 0 N–H and O–H groups in total. The molecule has 3 rings (SSSR count). The van der Waals surface area contributed by atoms with Crippen molar-refractivity contribution >= 4 is 5.69 Å². The first-order valence-corrected chi connectivity index (χ1v) is 8.76. The highest BCUT2D eigenvalue weighted by molar-refractivity contribution is 5.72. The topological polar surface area (TPSA) is 85.0 Å². The van der Waals surface area contributed by atoms with Gasteiger partial charge in [-0.3, -0.25) is 10.1 Å². The Morgan fingerprint density at radius 1 is 0.828 bits per heavy atom. The van der Waals surface area contributed by atoms with Crippen LogP contribution in [-0.4, -0.2) is 37.9 Å². The molecule has 0 aliphatic rings. The third-order valence-corrected chi connectivity index (χ3v) is 4.65. The molecular formula is C21H22N2O6. The van der Waals surface area contributed by atoms with E-state index < -0.39 is 4.92 Å². The van der Waals surface area contributed by atoms with Gasteiger partial charge in [-0.2, -0.15) is 0 Å². The van der Waals surface area contributed by atoms with Crippen LogP contribution in [0, 0.1) is 17.0 Å². The van der Waals surface area contributed by atoms with E-state index in [9.17, 15) is 10.1 Å². The average Bonchev–Trinajstić information content (AvgIpc) is 3.13. The molecule has 0 atom stereocenters. The molecule has 152 valence electrons. The number of methoxy groups -OCH3 is 4. The Bertz CT molecular complexity index is 1030. The highest BCUT2D eigenvalue weighted by Crippen LogP contribution is 2.42. The molecule has 0 radical (unpaired) electrons. The van der Waals surface area contributed by atoms with E-state index in [1.807, 2.05) is 35.8 Å². The Balaban J connectivity index is 2.22. The molecule has 0 saturated heterocycles. The van der Waals surface area contributed by atoms with E-state index in [1.165, 1.54) is 13.2 Å². The molecule has 29 heavy (non-hydrogen) atoms. The number of rotatable bonds is 7. The Morgan fingerprint density at radius 2 is 1.45 bits per heavy atom. The van der Waals surface area contributed by atoms with Crippen molar-refractivity contribution < 1.29 is 23.9 Å². The summed E-state index contributed by atoms with van der Waals surface area (Å²) in [4.78, 5) is 11.0. The van der Waals surface area contributed by atoms with E-state index in [0.717, 1.165) is 17.0 Å². The summed E-state index contributed by atoms with van der Waals surface area (Å²) in [7, 11) is 6.06. The highest BCUT2D eigenvalue weighted by Gasteiger charge is 2.20. The molecule has 0 amide bonds. The number of aryl methyl sites for hydroxylation is 1. The van der Waals surface area contributed by atoms with Gasteiger partial charge in [0.25, 0.3) is 0 Å². The summed E-state index contributed by atoms with van der Waals surface area (Å²) in [6.07, 6.45) is 0. The Kier molecular flexibility index (Phi) is 5.63. The first kappa shape index (κ1) is 20.1. The Labute approximate surface area is 168 Å². The lowest BCUT2D eigenvalue weighted by atomic mass is 10.1. The third-order valence-electron chi connectivity index (χ3n) is 4.65. The number of ether oxygens (including phenoxy) is 4. The fourth-order valence-corrected chi connectivity index (χ4v) is 3.30. The van der Waals surface area contributed by atoms with Crippen molar-refractivity contribution in [1.29, 1.82) is 0 Å². The third kappa shape index (κ3) is 3.56. The summed E-state index contributed by atoms with van der Waals surface area (Å²) in [5, 5.41) is 11.4. The van der Waals surface area contributed by atoms with Gasteiger partial charge in [0.05, 0.1) is 44.7 Å². The van der Waals surface area contributed by atoms with Crippen LogP contribution in [0.3, 0.4) is 0 Å². The maximum absolute atomic E-state index is 11.4. The zero-order valence-corrected chi connectivity index (χ0v) is 16.9. The zero-order valence-electron chi connectivity index (χ0n) is 16.9. The standard InChI is InChI=1S/C21H22N2O6/c1-13-6-8-16(14-10-19(27-3)21(29-5)20(11-14)28-4)22(13)15-7-9-18(26-2)17(12-15)23(24)25/h6-12H,1-5H3. The minimum atomic E-state index is -0.458. The van der Waals surface area contributed by atoms with Gasteiger partial charge < -0.3 is 23.5 Å². The maximum atomic E-state index is 11.4. The monoisotopic (exact) mass is 398 g/mol. The predicted octanol–water partition coefficient (Wildman–Crippen LogP) is 4.40. The van der Waals surface area contributed by atoms with Gasteiger partial charge in [-0.1, -0.05) is 0 Å².